The number of nitro benzene ring substituents is 1. The molecule has 0 aliphatic carbocycles. The lowest BCUT2D eigenvalue weighted by Gasteiger charge is -2.10. The van der Waals surface area contributed by atoms with E-state index in [1.165, 1.54) is 26.2 Å². The topological polar surface area (TPSA) is 89.8 Å². The predicted octanol–water partition coefficient (Wildman–Crippen LogP) is 1.47. The third-order valence-corrected chi connectivity index (χ3v) is 1.88. The first-order valence-corrected chi connectivity index (χ1v) is 4.58. The monoisotopic (exact) mass is 238 g/mol. The zero-order valence-electron chi connectivity index (χ0n) is 9.25. The Morgan fingerprint density at radius 1 is 1.47 bits per heavy atom. The Labute approximate surface area is 96.7 Å². The average molecular weight is 238 g/mol. The van der Waals surface area contributed by atoms with Crippen LogP contribution in [0.4, 0.5) is 10.5 Å². The molecule has 0 saturated heterocycles. The summed E-state index contributed by atoms with van der Waals surface area (Å²) in [4.78, 5) is 32.9. The van der Waals surface area contributed by atoms with Crippen LogP contribution in [0, 0.1) is 10.1 Å². The molecular formula is C10H10N2O5. The Hall–Kier alpha value is -2.44. The summed E-state index contributed by atoms with van der Waals surface area (Å²) in [6, 6.07) is 3.59. The molecule has 0 aliphatic heterocycles. The van der Waals surface area contributed by atoms with Gasteiger partial charge in [-0.1, -0.05) is 0 Å². The number of benzene rings is 1. The standard InChI is InChI=1S/C10H10N2O5/c1-11(2)10(14)17-9-4-3-7(6-13)5-8(9)12(15)16/h3-6H,1-2H3. The minimum atomic E-state index is -0.730. The summed E-state index contributed by atoms with van der Waals surface area (Å²) < 4.78 is 4.80. The van der Waals surface area contributed by atoms with E-state index in [-0.39, 0.29) is 11.3 Å². The molecule has 1 rings (SSSR count). The molecule has 7 heteroatoms. The maximum Gasteiger partial charge on any atom is 0.414 e. The number of hydrogen-bond acceptors (Lipinski definition) is 5. The van der Waals surface area contributed by atoms with E-state index >= 15 is 0 Å². The van der Waals surface area contributed by atoms with Gasteiger partial charge in [0.15, 0.2) is 0 Å². The maximum absolute atomic E-state index is 11.3. The van der Waals surface area contributed by atoms with Crippen molar-refractivity contribution in [3.05, 3.63) is 33.9 Å². The second kappa shape index (κ2) is 5.06. The maximum atomic E-state index is 11.3. The number of nitro groups is 1. The van der Waals surface area contributed by atoms with Crippen molar-refractivity contribution < 1.29 is 19.2 Å². The summed E-state index contributed by atoms with van der Waals surface area (Å²) in [5.41, 5.74) is -0.286. The number of amides is 1. The van der Waals surface area contributed by atoms with Gasteiger partial charge >= 0.3 is 11.8 Å². The van der Waals surface area contributed by atoms with Crippen LogP contribution in [0.5, 0.6) is 5.75 Å². The lowest BCUT2D eigenvalue weighted by atomic mass is 10.2. The Morgan fingerprint density at radius 2 is 2.12 bits per heavy atom. The number of nitrogens with zero attached hydrogens (tertiary/aromatic N) is 2. The van der Waals surface area contributed by atoms with Crippen molar-refractivity contribution in [3.63, 3.8) is 0 Å². The van der Waals surface area contributed by atoms with Crippen LogP contribution in [0.25, 0.3) is 0 Å². The van der Waals surface area contributed by atoms with Gasteiger partial charge in [-0.05, 0) is 12.1 Å². The van der Waals surface area contributed by atoms with Crippen LogP contribution in [0.3, 0.4) is 0 Å². The van der Waals surface area contributed by atoms with E-state index in [1.807, 2.05) is 0 Å². The molecule has 0 unspecified atom stereocenters. The summed E-state index contributed by atoms with van der Waals surface area (Å²) >= 11 is 0. The number of rotatable bonds is 3. The lowest BCUT2D eigenvalue weighted by molar-refractivity contribution is -0.385. The van der Waals surface area contributed by atoms with E-state index in [1.54, 1.807) is 0 Å². The molecule has 0 saturated carbocycles. The number of ether oxygens (including phenoxy) is 1. The molecule has 0 atom stereocenters. The molecule has 0 heterocycles. The van der Waals surface area contributed by atoms with Crippen LogP contribution in [-0.2, 0) is 0 Å². The lowest BCUT2D eigenvalue weighted by Crippen LogP contribution is -2.25. The van der Waals surface area contributed by atoms with E-state index in [0.29, 0.717) is 6.29 Å². The number of hydrogen-bond donors (Lipinski definition) is 0. The first-order chi connectivity index (χ1) is 7.95. The highest BCUT2D eigenvalue weighted by atomic mass is 16.6. The van der Waals surface area contributed by atoms with Gasteiger partial charge in [-0.25, -0.2) is 4.79 Å². The Kier molecular flexibility index (Phi) is 3.76. The molecule has 1 amide bonds. The smallest absolute Gasteiger partial charge is 0.403 e. The van der Waals surface area contributed by atoms with Crippen LogP contribution in [0.15, 0.2) is 18.2 Å². The first kappa shape index (κ1) is 12.6. The Morgan fingerprint density at radius 3 is 2.59 bits per heavy atom. The SMILES string of the molecule is CN(C)C(=O)Oc1ccc(C=O)cc1[N+](=O)[O-]. The molecule has 0 fully saturated rings. The van der Waals surface area contributed by atoms with Crippen molar-refractivity contribution in [1.82, 2.24) is 4.90 Å². The Balaban J connectivity index is 3.11. The van der Waals surface area contributed by atoms with Gasteiger partial charge in [0, 0.05) is 25.7 Å². The molecule has 1 aromatic rings. The molecule has 7 nitrogen and oxygen atoms in total. The van der Waals surface area contributed by atoms with Crippen molar-refractivity contribution in [2.24, 2.45) is 0 Å². The van der Waals surface area contributed by atoms with Crippen LogP contribution in [0.2, 0.25) is 0 Å². The van der Waals surface area contributed by atoms with E-state index in [0.717, 1.165) is 11.0 Å². The third-order valence-electron chi connectivity index (χ3n) is 1.88. The minimum absolute atomic E-state index is 0.140. The highest BCUT2D eigenvalue weighted by Crippen LogP contribution is 2.27. The van der Waals surface area contributed by atoms with Crippen molar-refractivity contribution in [2.45, 2.75) is 0 Å². The van der Waals surface area contributed by atoms with Crippen LogP contribution >= 0.6 is 0 Å². The normalized spacial score (nSPS) is 9.53. The fourth-order valence-electron chi connectivity index (χ4n) is 1.02. The molecule has 0 bridgehead atoms. The van der Waals surface area contributed by atoms with E-state index in [4.69, 9.17) is 4.74 Å². The number of aldehydes is 1. The van der Waals surface area contributed by atoms with Gasteiger partial charge in [0.1, 0.15) is 6.29 Å². The predicted molar refractivity (Wildman–Crippen MR) is 58.2 cm³/mol. The molecule has 0 N–H and O–H groups in total. The zero-order chi connectivity index (χ0) is 13.0. The summed E-state index contributed by atoms with van der Waals surface area (Å²) in [6.07, 6.45) is -0.253. The fraction of sp³-hybridized carbons (Fsp3) is 0.200. The van der Waals surface area contributed by atoms with Crippen molar-refractivity contribution in [2.75, 3.05) is 14.1 Å². The molecular weight excluding hydrogens is 228 g/mol. The van der Waals surface area contributed by atoms with Crippen LogP contribution < -0.4 is 4.74 Å². The van der Waals surface area contributed by atoms with Gasteiger partial charge in [0.05, 0.1) is 4.92 Å². The molecule has 0 aromatic heterocycles. The van der Waals surface area contributed by atoms with Crippen molar-refractivity contribution in [1.29, 1.82) is 0 Å². The van der Waals surface area contributed by atoms with Gasteiger partial charge in [0.25, 0.3) is 0 Å². The molecule has 17 heavy (non-hydrogen) atoms. The van der Waals surface area contributed by atoms with Gasteiger partial charge < -0.3 is 9.64 Å². The largest absolute Gasteiger partial charge is 0.414 e. The second-order valence-electron chi connectivity index (χ2n) is 3.36. The fourth-order valence-corrected chi connectivity index (χ4v) is 1.02. The summed E-state index contributed by atoms with van der Waals surface area (Å²) in [5, 5.41) is 10.7. The quantitative estimate of drug-likeness (QED) is 0.451. The molecule has 0 spiro atoms. The van der Waals surface area contributed by atoms with Crippen LogP contribution in [-0.4, -0.2) is 36.3 Å². The second-order valence-corrected chi connectivity index (χ2v) is 3.36. The summed E-state index contributed by atoms with van der Waals surface area (Å²) in [7, 11) is 2.90. The summed E-state index contributed by atoms with van der Waals surface area (Å²) in [6.45, 7) is 0. The van der Waals surface area contributed by atoms with E-state index in [2.05, 4.69) is 0 Å². The highest BCUT2D eigenvalue weighted by Gasteiger charge is 2.19. The van der Waals surface area contributed by atoms with Gasteiger partial charge in [-0.15, -0.1) is 0 Å². The number of carbonyl (C=O) groups excluding carboxylic acids is 2. The zero-order valence-corrected chi connectivity index (χ0v) is 9.25. The summed E-state index contributed by atoms with van der Waals surface area (Å²) in [5.74, 6) is -0.195. The molecule has 0 aliphatic rings. The average Bonchev–Trinajstić information content (AvgIpc) is 2.29. The van der Waals surface area contributed by atoms with Gasteiger partial charge in [-0.3, -0.25) is 14.9 Å². The van der Waals surface area contributed by atoms with Gasteiger partial charge in [0.2, 0.25) is 5.75 Å². The van der Waals surface area contributed by atoms with E-state index < -0.39 is 16.7 Å². The first-order valence-electron chi connectivity index (χ1n) is 4.58. The highest BCUT2D eigenvalue weighted by molar-refractivity contribution is 5.78. The Bertz CT molecular complexity index is 470. The van der Waals surface area contributed by atoms with E-state index in [9.17, 15) is 19.7 Å². The van der Waals surface area contributed by atoms with Crippen LogP contribution in [0.1, 0.15) is 10.4 Å². The molecule has 0 radical (unpaired) electrons. The number of carbonyl (C=O) groups is 2. The third kappa shape index (κ3) is 3.00. The molecule has 90 valence electrons. The van der Waals surface area contributed by atoms with Crippen molar-refractivity contribution in [3.8, 4) is 5.75 Å². The van der Waals surface area contributed by atoms with Gasteiger partial charge in [-0.2, -0.15) is 0 Å². The van der Waals surface area contributed by atoms with Crippen molar-refractivity contribution >= 4 is 18.1 Å². The minimum Gasteiger partial charge on any atom is -0.403 e. The molecule has 1 aromatic carbocycles.